The van der Waals surface area contributed by atoms with Crippen LogP contribution in [0.1, 0.15) is 12.5 Å². The SMILES string of the molecule is C=C(C)CN=c1scc(-c2cccs2)n1N=Cc1ccc(N(C)C)cc1. The molecule has 4 nitrogen and oxygen atoms in total. The second kappa shape index (κ2) is 8.29. The van der Waals surface area contributed by atoms with Crippen molar-refractivity contribution in [1.82, 2.24) is 4.68 Å². The van der Waals surface area contributed by atoms with Gasteiger partial charge in [0.2, 0.25) is 4.80 Å². The summed E-state index contributed by atoms with van der Waals surface area (Å²) in [7, 11) is 4.07. The third-order valence-electron chi connectivity index (χ3n) is 3.67. The monoisotopic (exact) mass is 382 g/mol. The second-order valence-electron chi connectivity index (χ2n) is 6.20. The number of nitrogens with zero attached hydrogens (tertiary/aromatic N) is 4. The van der Waals surface area contributed by atoms with Gasteiger partial charge < -0.3 is 4.90 Å². The van der Waals surface area contributed by atoms with Crippen LogP contribution in [0.3, 0.4) is 0 Å². The second-order valence-corrected chi connectivity index (χ2v) is 7.98. The van der Waals surface area contributed by atoms with Gasteiger partial charge in [0.25, 0.3) is 0 Å². The third kappa shape index (κ3) is 4.39. The van der Waals surface area contributed by atoms with E-state index >= 15 is 0 Å². The van der Waals surface area contributed by atoms with Gasteiger partial charge in [0.05, 0.1) is 23.3 Å². The molecule has 6 heteroatoms. The minimum Gasteiger partial charge on any atom is -0.378 e. The largest absolute Gasteiger partial charge is 0.378 e. The molecule has 0 spiro atoms. The molecule has 0 aliphatic rings. The molecule has 0 atom stereocenters. The number of rotatable bonds is 6. The number of hydrogen-bond donors (Lipinski definition) is 0. The topological polar surface area (TPSA) is 32.9 Å². The molecule has 0 aliphatic carbocycles. The summed E-state index contributed by atoms with van der Waals surface area (Å²) in [5, 5.41) is 8.90. The van der Waals surface area contributed by atoms with E-state index in [0.29, 0.717) is 6.54 Å². The van der Waals surface area contributed by atoms with Gasteiger partial charge in [-0.2, -0.15) is 5.10 Å². The summed E-state index contributed by atoms with van der Waals surface area (Å²) in [6.07, 6.45) is 1.88. The van der Waals surface area contributed by atoms with Crippen molar-refractivity contribution in [1.29, 1.82) is 0 Å². The van der Waals surface area contributed by atoms with E-state index in [-0.39, 0.29) is 0 Å². The maximum Gasteiger partial charge on any atom is 0.206 e. The fourth-order valence-corrected chi connectivity index (χ4v) is 3.93. The van der Waals surface area contributed by atoms with E-state index in [1.807, 2.05) is 31.9 Å². The Kier molecular flexibility index (Phi) is 5.85. The molecule has 0 saturated carbocycles. The Morgan fingerprint density at radius 3 is 2.58 bits per heavy atom. The molecule has 3 rings (SSSR count). The quantitative estimate of drug-likeness (QED) is 0.449. The van der Waals surface area contributed by atoms with Crippen LogP contribution in [0.15, 0.2) is 69.4 Å². The number of anilines is 1. The highest BCUT2D eigenvalue weighted by molar-refractivity contribution is 7.14. The molecule has 3 aromatic rings. The first kappa shape index (κ1) is 18.4. The fraction of sp³-hybridized carbons (Fsp3) is 0.200. The van der Waals surface area contributed by atoms with Gasteiger partial charge in [-0.1, -0.05) is 30.4 Å². The third-order valence-corrected chi connectivity index (χ3v) is 5.42. The van der Waals surface area contributed by atoms with Gasteiger partial charge in [0.15, 0.2) is 0 Å². The molecule has 0 bridgehead atoms. The van der Waals surface area contributed by atoms with E-state index < -0.39 is 0 Å². The number of thiophene rings is 1. The Bertz CT molecular complexity index is 958. The molecule has 0 N–H and O–H groups in total. The number of aromatic nitrogens is 1. The van der Waals surface area contributed by atoms with Gasteiger partial charge in [-0.3, -0.25) is 4.99 Å². The van der Waals surface area contributed by atoms with Crippen LogP contribution in [-0.2, 0) is 0 Å². The Morgan fingerprint density at radius 2 is 1.96 bits per heavy atom. The lowest BCUT2D eigenvalue weighted by molar-refractivity contribution is 0.837. The lowest BCUT2D eigenvalue weighted by Crippen LogP contribution is -2.12. The first-order valence-corrected chi connectivity index (χ1v) is 10.0. The van der Waals surface area contributed by atoms with Gasteiger partial charge in [0, 0.05) is 25.2 Å². The number of thiazole rings is 1. The Labute approximate surface area is 162 Å². The van der Waals surface area contributed by atoms with Crippen LogP contribution in [0.2, 0.25) is 0 Å². The molecule has 26 heavy (non-hydrogen) atoms. The lowest BCUT2D eigenvalue weighted by Gasteiger charge is -2.11. The first-order chi connectivity index (χ1) is 12.5. The van der Waals surface area contributed by atoms with Gasteiger partial charge in [-0.25, -0.2) is 4.68 Å². The fourth-order valence-electron chi connectivity index (χ4n) is 2.30. The molecule has 2 heterocycles. The average Bonchev–Trinajstić information content (AvgIpc) is 3.27. The summed E-state index contributed by atoms with van der Waals surface area (Å²) in [6, 6.07) is 12.5. The minimum atomic E-state index is 0.609. The summed E-state index contributed by atoms with van der Waals surface area (Å²) in [5.74, 6) is 0. The molecule has 2 aromatic heterocycles. The van der Waals surface area contributed by atoms with Crippen molar-refractivity contribution in [3.8, 4) is 10.6 Å². The number of benzene rings is 1. The van der Waals surface area contributed by atoms with Gasteiger partial charge >= 0.3 is 0 Å². The van der Waals surface area contributed by atoms with Crippen molar-refractivity contribution in [2.75, 3.05) is 25.5 Å². The van der Waals surface area contributed by atoms with E-state index in [1.54, 1.807) is 22.7 Å². The standard InChI is InChI=1S/C20H22N4S2/c1-15(2)12-21-20-24(18(14-26-20)19-6-5-11-25-19)22-13-16-7-9-17(10-8-16)23(3)4/h5-11,13-14H,1,12H2,2-4H3. The molecule has 0 amide bonds. The summed E-state index contributed by atoms with van der Waals surface area (Å²) < 4.78 is 1.92. The zero-order chi connectivity index (χ0) is 18.5. The van der Waals surface area contributed by atoms with Crippen LogP contribution >= 0.6 is 22.7 Å². The van der Waals surface area contributed by atoms with Crippen LogP contribution in [0, 0.1) is 0 Å². The molecular weight excluding hydrogens is 360 g/mol. The predicted octanol–water partition coefficient (Wildman–Crippen LogP) is 4.70. The summed E-state index contributed by atoms with van der Waals surface area (Å²) in [4.78, 5) is 8.78. The smallest absolute Gasteiger partial charge is 0.206 e. The van der Waals surface area contributed by atoms with Crippen molar-refractivity contribution < 1.29 is 0 Å². The van der Waals surface area contributed by atoms with Gasteiger partial charge in [-0.05, 0) is 36.1 Å². The van der Waals surface area contributed by atoms with Gasteiger partial charge in [-0.15, -0.1) is 22.7 Å². The Hall–Kier alpha value is -2.44. The van der Waals surface area contributed by atoms with Crippen LogP contribution < -0.4 is 9.70 Å². The number of hydrogen-bond acceptors (Lipinski definition) is 5. The van der Waals surface area contributed by atoms with Crippen molar-refractivity contribution in [2.24, 2.45) is 10.1 Å². The summed E-state index contributed by atoms with van der Waals surface area (Å²) in [5.41, 5.74) is 4.32. The van der Waals surface area contributed by atoms with Crippen LogP contribution in [0.25, 0.3) is 10.6 Å². The molecule has 0 aliphatic heterocycles. The molecule has 0 fully saturated rings. The average molecular weight is 383 g/mol. The van der Waals surface area contributed by atoms with Crippen molar-refractivity contribution in [3.05, 3.63) is 69.7 Å². The zero-order valence-corrected chi connectivity index (χ0v) is 16.8. The zero-order valence-electron chi connectivity index (χ0n) is 15.2. The molecule has 0 saturated heterocycles. The van der Waals surface area contributed by atoms with Crippen molar-refractivity contribution >= 4 is 34.6 Å². The highest BCUT2D eigenvalue weighted by Gasteiger charge is 2.08. The molecule has 0 radical (unpaired) electrons. The van der Waals surface area contributed by atoms with Crippen molar-refractivity contribution in [2.45, 2.75) is 6.92 Å². The van der Waals surface area contributed by atoms with E-state index in [0.717, 1.165) is 21.6 Å². The van der Waals surface area contributed by atoms with Crippen LogP contribution in [0.5, 0.6) is 0 Å². The van der Waals surface area contributed by atoms with Crippen molar-refractivity contribution in [3.63, 3.8) is 0 Å². The van der Waals surface area contributed by atoms with E-state index in [4.69, 9.17) is 5.10 Å². The summed E-state index contributed by atoms with van der Waals surface area (Å²) >= 11 is 3.30. The van der Waals surface area contributed by atoms with E-state index in [2.05, 4.69) is 63.6 Å². The molecule has 1 aromatic carbocycles. The highest BCUT2D eigenvalue weighted by atomic mass is 32.1. The van der Waals surface area contributed by atoms with Crippen LogP contribution in [-0.4, -0.2) is 31.5 Å². The van der Waals surface area contributed by atoms with Gasteiger partial charge in [0.1, 0.15) is 0 Å². The molecule has 0 unspecified atom stereocenters. The normalized spacial score (nSPS) is 12.0. The van der Waals surface area contributed by atoms with E-state index in [9.17, 15) is 0 Å². The molecule has 134 valence electrons. The van der Waals surface area contributed by atoms with Crippen LogP contribution in [0.4, 0.5) is 5.69 Å². The predicted molar refractivity (Wildman–Crippen MR) is 115 cm³/mol. The minimum absolute atomic E-state index is 0.609. The lowest BCUT2D eigenvalue weighted by atomic mass is 10.2. The summed E-state index contributed by atoms with van der Waals surface area (Å²) in [6.45, 7) is 6.53. The van der Waals surface area contributed by atoms with E-state index in [1.165, 1.54) is 10.6 Å². The Balaban J connectivity index is 1.97. The highest BCUT2D eigenvalue weighted by Crippen LogP contribution is 2.25. The maximum atomic E-state index is 4.72. The maximum absolute atomic E-state index is 4.72. The Morgan fingerprint density at radius 1 is 1.19 bits per heavy atom. The molecular formula is C20H22N4S2. The first-order valence-electron chi connectivity index (χ1n) is 8.25.